The van der Waals surface area contributed by atoms with Crippen molar-refractivity contribution in [1.29, 1.82) is 0 Å². The van der Waals surface area contributed by atoms with Gasteiger partial charge in [0.05, 0.1) is 6.54 Å². The molecule has 0 aromatic carbocycles. The van der Waals surface area contributed by atoms with Gasteiger partial charge in [-0.1, -0.05) is 0 Å². The first-order chi connectivity index (χ1) is 7.40. The summed E-state index contributed by atoms with van der Waals surface area (Å²) in [6, 6.07) is 0. The number of nitrogens with two attached hydrogens (primary N) is 1. The largest absolute Gasteiger partial charge is 0.459 e. The van der Waals surface area contributed by atoms with Gasteiger partial charge < -0.3 is 10.5 Å². The fourth-order valence-corrected chi connectivity index (χ4v) is 2.04. The smallest absolute Gasteiger partial charge is 0.320 e. The first kappa shape index (κ1) is 13.5. The van der Waals surface area contributed by atoms with Crippen molar-refractivity contribution in [1.82, 2.24) is 4.90 Å². The van der Waals surface area contributed by atoms with Crippen LogP contribution in [-0.2, 0) is 9.53 Å². The molecule has 0 spiro atoms. The lowest BCUT2D eigenvalue weighted by molar-refractivity contribution is -0.156. The molecule has 0 bridgehead atoms. The molecule has 0 aromatic heterocycles. The lowest BCUT2D eigenvalue weighted by Gasteiger charge is -2.32. The van der Waals surface area contributed by atoms with Gasteiger partial charge in [-0.15, -0.1) is 0 Å². The van der Waals surface area contributed by atoms with Crippen LogP contribution in [0.1, 0.15) is 33.6 Å². The number of esters is 1. The number of nitrogens with zero attached hydrogens (tertiary/aromatic N) is 1. The summed E-state index contributed by atoms with van der Waals surface area (Å²) in [5.74, 6) is 0.404. The minimum absolute atomic E-state index is 0.134. The molecule has 1 atom stereocenters. The molecule has 1 aliphatic rings. The lowest BCUT2D eigenvalue weighted by atomic mass is 9.98. The first-order valence-electron chi connectivity index (χ1n) is 6.05. The second kappa shape index (κ2) is 5.64. The highest BCUT2D eigenvalue weighted by Crippen LogP contribution is 2.15. The molecule has 0 saturated carbocycles. The Hall–Kier alpha value is -0.610. The van der Waals surface area contributed by atoms with Gasteiger partial charge in [-0.25, -0.2) is 0 Å². The number of carbonyl (C=O) groups excluding carboxylic acids is 1. The number of ether oxygens (including phenoxy) is 1. The normalized spacial score (nSPS) is 23.1. The van der Waals surface area contributed by atoms with E-state index >= 15 is 0 Å². The Morgan fingerprint density at radius 1 is 1.50 bits per heavy atom. The zero-order valence-electron chi connectivity index (χ0n) is 10.7. The van der Waals surface area contributed by atoms with E-state index in [0.717, 1.165) is 19.5 Å². The molecule has 1 aliphatic heterocycles. The number of piperidine rings is 1. The molecule has 0 aliphatic carbocycles. The van der Waals surface area contributed by atoms with Crippen LogP contribution in [0, 0.1) is 5.92 Å². The average molecular weight is 228 g/mol. The van der Waals surface area contributed by atoms with E-state index < -0.39 is 0 Å². The van der Waals surface area contributed by atoms with E-state index in [1.54, 1.807) is 0 Å². The molecular weight excluding hydrogens is 204 g/mol. The van der Waals surface area contributed by atoms with Gasteiger partial charge in [-0.05, 0) is 52.6 Å². The molecule has 4 nitrogen and oxygen atoms in total. The summed E-state index contributed by atoms with van der Waals surface area (Å²) >= 11 is 0. The van der Waals surface area contributed by atoms with Crippen LogP contribution in [0.5, 0.6) is 0 Å². The van der Waals surface area contributed by atoms with Gasteiger partial charge in [0, 0.05) is 6.54 Å². The topological polar surface area (TPSA) is 55.6 Å². The van der Waals surface area contributed by atoms with E-state index in [0.29, 0.717) is 19.0 Å². The van der Waals surface area contributed by atoms with E-state index in [1.165, 1.54) is 6.42 Å². The third kappa shape index (κ3) is 4.94. The zero-order valence-corrected chi connectivity index (χ0v) is 10.7. The molecule has 1 saturated heterocycles. The quantitative estimate of drug-likeness (QED) is 0.732. The van der Waals surface area contributed by atoms with Crippen molar-refractivity contribution in [3.05, 3.63) is 0 Å². The second-order valence-electron chi connectivity index (χ2n) is 5.57. The molecule has 1 heterocycles. The fourth-order valence-electron chi connectivity index (χ4n) is 2.04. The Morgan fingerprint density at radius 2 is 2.19 bits per heavy atom. The Labute approximate surface area is 98.1 Å². The summed E-state index contributed by atoms with van der Waals surface area (Å²) in [6.07, 6.45) is 2.31. The van der Waals surface area contributed by atoms with Gasteiger partial charge in [0.1, 0.15) is 5.60 Å². The van der Waals surface area contributed by atoms with Crippen molar-refractivity contribution in [3.63, 3.8) is 0 Å². The SMILES string of the molecule is CC(C)(C)OC(=O)CN1CCCC(CN)C1. The first-order valence-corrected chi connectivity index (χ1v) is 6.05. The van der Waals surface area contributed by atoms with Gasteiger partial charge in [0.15, 0.2) is 0 Å². The third-order valence-electron chi connectivity index (χ3n) is 2.71. The predicted octanol–water partition coefficient (Wildman–Crippen LogP) is 0.999. The molecule has 0 amide bonds. The summed E-state index contributed by atoms with van der Waals surface area (Å²) in [4.78, 5) is 13.8. The highest BCUT2D eigenvalue weighted by atomic mass is 16.6. The Balaban J connectivity index is 2.33. The number of hydrogen-bond acceptors (Lipinski definition) is 4. The van der Waals surface area contributed by atoms with E-state index in [-0.39, 0.29) is 11.6 Å². The van der Waals surface area contributed by atoms with Gasteiger partial charge in [-0.2, -0.15) is 0 Å². The van der Waals surface area contributed by atoms with Crippen LogP contribution in [0.4, 0.5) is 0 Å². The number of likely N-dealkylation sites (tertiary alicyclic amines) is 1. The maximum absolute atomic E-state index is 11.6. The zero-order chi connectivity index (χ0) is 12.2. The van der Waals surface area contributed by atoms with Crippen LogP contribution in [0.25, 0.3) is 0 Å². The van der Waals surface area contributed by atoms with Crippen LogP contribution in [0.15, 0.2) is 0 Å². The van der Waals surface area contributed by atoms with Crippen molar-refractivity contribution < 1.29 is 9.53 Å². The van der Waals surface area contributed by atoms with Gasteiger partial charge in [0.25, 0.3) is 0 Å². The monoisotopic (exact) mass is 228 g/mol. The molecule has 4 heteroatoms. The maximum atomic E-state index is 11.6. The highest BCUT2D eigenvalue weighted by Gasteiger charge is 2.23. The molecule has 16 heavy (non-hydrogen) atoms. The van der Waals surface area contributed by atoms with Crippen molar-refractivity contribution in [2.24, 2.45) is 11.7 Å². The molecule has 94 valence electrons. The van der Waals surface area contributed by atoms with E-state index in [9.17, 15) is 4.79 Å². The molecular formula is C12H24N2O2. The summed E-state index contributed by atoms with van der Waals surface area (Å²) in [7, 11) is 0. The van der Waals surface area contributed by atoms with Crippen LogP contribution >= 0.6 is 0 Å². The van der Waals surface area contributed by atoms with Crippen LogP contribution in [0.2, 0.25) is 0 Å². The number of carbonyl (C=O) groups is 1. The molecule has 1 fully saturated rings. The van der Waals surface area contributed by atoms with E-state index in [4.69, 9.17) is 10.5 Å². The number of rotatable bonds is 3. The summed E-state index contributed by atoms with van der Waals surface area (Å²) in [6.45, 7) is 8.70. The van der Waals surface area contributed by atoms with E-state index in [1.807, 2.05) is 20.8 Å². The fraction of sp³-hybridized carbons (Fsp3) is 0.917. The van der Waals surface area contributed by atoms with Gasteiger partial charge in [0.2, 0.25) is 0 Å². The van der Waals surface area contributed by atoms with Crippen molar-refractivity contribution in [3.8, 4) is 0 Å². The minimum atomic E-state index is -0.389. The Bertz CT molecular complexity index is 236. The molecule has 0 aromatic rings. The van der Waals surface area contributed by atoms with Crippen molar-refractivity contribution in [2.45, 2.75) is 39.2 Å². The third-order valence-corrected chi connectivity index (χ3v) is 2.71. The Morgan fingerprint density at radius 3 is 2.75 bits per heavy atom. The molecule has 1 rings (SSSR count). The van der Waals surface area contributed by atoms with E-state index in [2.05, 4.69) is 4.90 Å². The standard InChI is InChI=1S/C12H24N2O2/c1-12(2,3)16-11(15)9-14-6-4-5-10(7-13)8-14/h10H,4-9,13H2,1-3H3. The van der Waals surface area contributed by atoms with Crippen LogP contribution < -0.4 is 5.73 Å². The molecule has 0 radical (unpaired) electrons. The van der Waals surface area contributed by atoms with Crippen molar-refractivity contribution >= 4 is 5.97 Å². The summed E-state index contributed by atoms with van der Waals surface area (Å²) in [5, 5.41) is 0. The second-order valence-corrected chi connectivity index (χ2v) is 5.57. The summed E-state index contributed by atoms with van der Waals surface area (Å²) < 4.78 is 5.30. The van der Waals surface area contributed by atoms with Crippen molar-refractivity contribution in [2.75, 3.05) is 26.2 Å². The number of hydrogen-bond donors (Lipinski definition) is 1. The average Bonchev–Trinajstić information content (AvgIpc) is 2.15. The highest BCUT2D eigenvalue weighted by molar-refractivity contribution is 5.72. The van der Waals surface area contributed by atoms with Crippen LogP contribution in [0.3, 0.4) is 0 Å². The maximum Gasteiger partial charge on any atom is 0.320 e. The molecule has 1 unspecified atom stereocenters. The predicted molar refractivity (Wildman–Crippen MR) is 64.1 cm³/mol. The minimum Gasteiger partial charge on any atom is -0.459 e. The van der Waals surface area contributed by atoms with Crippen LogP contribution in [-0.4, -0.2) is 42.6 Å². The summed E-state index contributed by atoms with van der Waals surface area (Å²) in [5.41, 5.74) is 5.27. The lowest BCUT2D eigenvalue weighted by Crippen LogP contribution is -2.42. The Kier molecular flexibility index (Phi) is 4.74. The molecule has 2 N–H and O–H groups in total. The van der Waals surface area contributed by atoms with Gasteiger partial charge in [-0.3, -0.25) is 9.69 Å². The van der Waals surface area contributed by atoms with Gasteiger partial charge >= 0.3 is 5.97 Å².